The molecule has 0 aliphatic rings. The van der Waals surface area contributed by atoms with Crippen molar-refractivity contribution < 1.29 is 39.3 Å². The number of nitrogens with two attached hydrogens (primary N) is 3. The van der Waals surface area contributed by atoms with Crippen molar-refractivity contribution in [3.05, 3.63) is 29.8 Å². The highest BCUT2D eigenvalue weighted by Crippen LogP contribution is 2.12. The van der Waals surface area contributed by atoms with Gasteiger partial charge < -0.3 is 48.5 Å². The van der Waals surface area contributed by atoms with Gasteiger partial charge in [-0.2, -0.15) is 0 Å². The summed E-state index contributed by atoms with van der Waals surface area (Å²) in [6.45, 7) is 1.63. The minimum Gasteiger partial charge on any atom is -0.508 e. The van der Waals surface area contributed by atoms with Gasteiger partial charge in [0.05, 0.1) is 12.5 Å². The number of hydrogen-bond donors (Lipinski definition) is 9. The highest BCUT2D eigenvalue weighted by atomic mass is 16.4. The van der Waals surface area contributed by atoms with Gasteiger partial charge >= 0.3 is 5.97 Å². The molecule has 12 N–H and O–H groups in total. The summed E-state index contributed by atoms with van der Waals surface area (Å²) in [7, 11) is 0. The maximum absolute atomic E-state index is 13.2. The van der Waals surface area contributed by atoms with Crippen LogP contribution in [0.5, 0.6) is 5.75 Å². The maximum atomic E-state index is 13.2. The van der Waals surface area contributed by atoms with Gasteiger partial charge in [0.2, 0.25) is 23.6 Å². The van der Waals surface area contributed by atoms with Gasteiger partial charge in [0, 0.05) is 6.42 Å². The molecule has 0 aromatic heterocycles. The minimum atomic E-state index is -1.60. The number of carboxylic acid groups (broad SMARTS) is 1. The average Bonchev–Trinajstić information content (AvgIpc) is 2.82. The molecule has 37 heavy (non-hydrogen) atoms. The van der Waals surface area contributed by atoms with E-state index in [4.69, 9.17) is 17.2 Å². The van der Waals surface area contributed by atoms with Crippen molar-refractivity contribution in [1.29, 1.82) is 0 Å². The first kappa shape index (κ1) is 31.3. The number of hydrogen-bond acceptors (Lipinski definition) is 9. The van der Waals surface area contributed by atoms with E-state index in [0.717, 1.165) is 0 Å². The standard InChI is InChI=1S/C23H36N6O8/c1-12(30)19(26)22(35)28-16(10-13-5-7-14(31)8-6-13)21(34)27-15(4-2-3-9-24)20(33)29-17(23(36)37)11-18(25)32/h5-8,12,15-17,19,30-31H,2-4,9-11,24,26H2,1H3,(H2,25,32)(H,27,34)(H,28,35)(H,29,33)(H,36,37). The fourth-order valence-electron chi connectivity index (χ4n) is 3.27. The number of benzene rings is 1. The Bertz CT molecular complexity index is 940. The van der Waals surface area contributed by atoms with Crippen molar-refractivity contribution in [2.45, 2.75) is 69.3 Å². The first-order valence-corrected chi connectivity index (χ1v) is 11.7. The van der Waals surface area contributed by atoms with E-state index in [1.165, 1.54) is 31.2 Å². The maximum Gasteiger partial charge on any atom is 0.326 e. The lowest BCUT2D eigenvalue weighted by molar-refractivity contribution is -0.143. The molecule has 5 atom stereocenters. The Balaban J connectivity index is 3.15. The second kappa shape index (κ2) is 15.4. The number of phenolic OH excluding ortho intramolecular Hbond substituents is 1. The van der Waals surface area contributed by atoms with Crippen LogP contribution in [0, 0.1) is 0 Å². The lowest BCUT2D eigenvalue weighted by Crippen LogP contribution is -2.58. The van der Waals surface area contributed by atoms with Gasteiger partial charge in [-0.25, -0.2) is 4.79 Å². The highest BCUT2D eigenvalue weighted by molar-refractivity contribution is 5.95. The molecule has 0 spiro atoms. The number of nitrogens with one attached hydrogen (secondary N) is 3. The highest BCUT2D eigenvalue weighted by Gasteiger charge is 2.31. The number of carboxylic acids is 1. The lowest BCUT2D eigenvalue weighted by atomic mass is 10.0. The van der Waals surface area contributed by atoms with Crippen molar-refractivity contribution in [3.63, 3.8) is 0 Å². The number of primary amides is 1. The van der Waals surface area contributed by atoms with Crippen molar-refractivity contribution >= 4 is 29.6 Å². The normalized spacial score (nSPS) is 14.9. The summed E-state index contributed by atoms with van der Waals surface area (Å²) in [5, 5.41) is 35.6. The predicted octanol–water partition coefficient (Wildman–Crippen LogP) is -2.81. The largest absolute Gasteiger partial charge is 0.508 e. The Morgan fingerprint density at radius 3 is 1.95 bits per heavy atom. The Labute approximate surface area is 213 Å². The summed E-state index contributed by atoms with van der Waals surface area (Å²) >= 11 is 0. The molecular weight excluding hydrogens is 488 g/mol. The third kappa shape index (κ3) is 11.2. The predicted molar refractivity (Wildman–Crippen MR) is 132 cm³/mol. The number of carbonyl (C=O) groups is 5. The SMILES string of the molecule is CC(O)C(N)C(=O)NC(Cc1ccc(O)cc1)C(=O)NC(CCCCN)C(=O)NC(CC(N)=O)C(=O)O. The van der Waals surface area contributed by atoms with E-state index in [0.29, 0.717) is 24.9 Å². The van der Waals surface area contributed by atoms with E-state index >= 15 is 0 Å². The number of phenols is 1. The fourth-order valence-corrected chi connectivity index (χ4v) is 3.27. The Kier molecular flexibility index (Phi) is 13.0. The summed E-state index contributed by atoms with van der Waals surface area (Å²) in [5.41, 5.74) is 16.8. The molecule has 0 fully saturated rings. The first-order chi connectivity index (χ1) is 17.3. The van der Waals surface area contributed by atoms with E-state index in [1.807, 2.05) is 0 Å². The zero-order valence-corrected chi connectivity index (χ0v) is 20.6. The molecule has 1 rings (SSSR count). The lowest BCUT2D eigenvalue weighted by Gasteiger charge is -2.25. The van der Waals surface area contributed by atoms with Crippen LogP contribution >= 0.6 is 0 Å². The summed E-state index contributed by atoms with van der Waals surface area (Å²) in [4.78, 5) is 61.2. The molecule has 0 saturated carbocycles. The van der Waals surface area contributed by atoms with Gasteiger partial charge in [0.1, 0.15) is 29.9 Å². The van der Waals surface area contributed by atoms with Crippen LogP contribution in [0.15, 0.2) is 24.3 Å². The number of aliphatic carboxylic acids is 1. The zero-order valence-electron chi connectivity index (χ0n) is 20.6. The van der Waals surface area contributed by atoms with E-state index in [1.54, 1.807) is 0 Å². The van der Waals surface area contributed by atoms with Crippen LogP contribution < -0.4 is 33.2 Å². The zero-order chi connectivity index (χ0) is 28.1. The molecule has 4 amide bonds. The van der Waals surface area contributed by atoms with Crippen molar-refractivity contribution in [1.82, 2.24) is 16.0 Å². The molecule has 5 unspecified atom stereocenters. The Morgan fingerprint density at radius 2 is 1.43 bits per heavy atom. The van der Waals surface area contributed by atoms with Gasteiger partial charge in [-0.15, -0.1) is 0 Å². The molecule has 206 valence electrons. The van der Waals surface area contributed by atoms with E-state index < -0.39 is 66.3 Å². The van der Waals surface area contributed by atoms with Gasteiger partial charge in [-0.3, -0.25) is 19.2 Å². The molecule has 0 saturated heterocycles. The number of amides is 4. The molecule has 14 nitrogen and oxygen atoms in total. The molecule has 0 radical (unpaired) electrons. The number of aliphatic hydroxyl groups excluding tert-OH is 1. The topological polar surface area (TPSA) is 260 Å². The van der Waals surface area contributed by atoms with Crippen molar-refractivity contribution in [2.24, 2.45) is 17.2 Å². The van der Waals surface area contributed by atoms with Crippen LogP contribution in [0.2, 0.25) is 0 Å². The van der Waals surface area contributed by atoms with Gasteiger partial charge in [-0.05, 0) is 50.4 Å². The molecule has 14 heteroatoms. The average molecular weight is 525 g/mol. The van der Waals surface area contributed by atoms with Crippen LogP contribution in [0.1, 0.15) is 38.2 Å². The van der Waals surface area contributed by atoms with E-state index in [-0.39, 0.29) is 18.6 Å². The summed E-state index contributed by atoms with van der Waals surface area (Å²) in [6, 6.07) is 0.445. The monoisotopic (exact) mass is 524 g/mol. The summed E-state index contributed by atoms with van der Waals surface area (Å²) < 4.78 is 0. The molecule has 1 aromatic carbocycles. The summed E-state index contributed by atoms with van der Waals surface area (Å²) in [5.74, 6) is -4.90. The smallest absolute Gasteiger partial charge is 0.326 e. The van der Waals surface area contributed by atoms with Crippen LogP contribution in [0.3, 0.4) is 0 Å². The minimum absolute atomic E-state index is 0.00880. The van der Waals surface area contributed by atoms with Gasteiger partial charge in [0.15, 0.2) is 0 Å². The molecule has 0 bridgehead atoms. The number of aromatic hydroxyl groups is 1. The van der Waals surface area contributed by atoms with Crippen LogP contribution in [-0.2, 0) is 30.4 Å². The van der Waals surface area contributed by atoms with E-state index in [9.17, 15) is 39.3 Å². The molecule has 1 aromatic rings. The second-order valence-electron chi connectivity index (χ2n) is 8.61. The summed E-state index contributed by atoms with van der Waals surface area (Å²) in [6.07, 6.45) is -0.900. The van der Waals surface area contributed by atoms with Crippen LogP contribution in [-0.4, -0.2) is 81.7 Å². The number of unbranched alkanes of at least 4 members (excludes halogenated alkanes) is 1. The fraction of sp³-hybridized carbons (Fsp3) is 0.522. The third-order valence-electron chi connectivity index (χ3n) is 5.43. The Morgan fingerprint density at radius 1 is 0.892 bits per heavy atom. The third-order valence-corrected chi connectivity index (χ3v) is 5.43. The quantitative estimate of drug-likeness (QED) is 0.100. The van der Waals surface area contributed by atoms with Gasteiger partial charge in [-0.1, -0.05) is 12.1 Å². The number of aliphatic hydroxyl groups is 1. The van der Waals surface area contributed by atoms with Crippen molar-refractivity contribution in [2.75, 3.05) is 6.54 Å². The molecule has 0 heterocycles. The molecule has 0 aliphatic carbocycles. The van der Waals surface area contributed by atoms with Crippen LogP contribution in [0.4, 0.5) is 0 Å². The number of carbonyl (C=O) groups excluding carboxylic acids is 4. The van der Waals surface area contributed by atoms with Crippen LogP contribution in [0.25, 0.3) is 0 Å². The first-order valence-electron chi connectivity index (χ1n) is 11.7. The Hall–Kier alpha value is -3.75. The number of rotatable bonds is 16. The van der Waals surface area contributed by atoms with Gasteiger partial charge in [0.25, 0.3) is 0 Å². The van der Waals surface area contributed by atoms with E-state index in [2.05, 4.69) is 16.0 Å². The molecule has 0 aliphatic heterocycles. The molecular formula is C23H36N6O8. The van der Waals surface area contributed by atoms with Crippen molar-refractivity contribution in [3.8, 4) is 5.75 Å². The second-order valence-corrected chi connectivity index (χ2v) is 8.61.